The van der Waals surface area contributed by atoms with E-state index in [1.807, 2.05) is 0 Å². The molecule has 0 unspecified atom stereocenters. The van der Waals surface area contributed by atoms with Crippen molar-refractivity contribution in [1.29, 1.82) is 0 Å². The van der Waals surface area contributed by atoms with Gasteiger partial charge in [-0.2, -0.15) is 4.39 Å². The number of hydrogen-bond donors (Lipinski definition) is 1. The number of alkyl halides is 2. The first-order valence-electron chi connectivity index (χ1n) is 4.41. The van der Waals surface area contributed by atoms with Crippen molar-refractivity contribution in [1.82, 2.24) is 0 Å². The molecule has 0 saturated carbocycles. The Hall–Kier alpha value is -1.63. The normalized spacial score (nSPS) is 11.5. The van der Waals surface area contributed by atoms with Gasteiger partial charge in [-0.1, -0.05) is 6.07 Å². The molecule has 0 atom stereocenters. The first-order chi connectivity index (χ1) is 7.40. The lowest BCUT2D eigenvalue weighted by molar-refractivity contribution is -0.387. The second kappa shape index (κ2) is 4.48. The molecule has 7 heteroatoms. The number of nitrogens with zero attached hydrogens (tertiary/aromatic N) is 1. The summed E-state index contributed by atoms with van der Waals surface area (Å²) in [5.41, 5.74) is 3.01. The Bertz CT molecular complexity index is 410. The number of nitrogens with two attached hydrogens (primary N) is 1. The van der Waals surface area contributed by atoms with Gasteiger partial charge in [0.1, 0.15) is 0 Å². The number of hydrogen-bond acceptors (Lipinski definition) is 3. The predicted molar refractivity (Wildman–Crippen MR) is 50.6 cm³/mol. The molecule has 0 aliphatic rings. The summed E-state index contributed by atoms with van der Waals surface area (Å²) in [5, 5.41) is 10.4. The van der Waals surface area contributed by atoms with Crippen molar-refractivity contribution in [3.63, 3.8) is 0 Å². The highest BCUT2D eigenvalue weighted by Crippen LogP contribution is 2.35. The van der Waals surface area contributed by atoms with Gasteiger partial charge in [-0.15, -0.1) is 0 Å². The maximum absolute atomic E-state index is 13.4. The smallest absolute Gasteiger partial charge is 0.305 e. The van der Waals surface area contributed by atoms with Crippen molar-refractivity contribution in [3.05, 3.63) is 39.7 Å². The van der Waals surface area contributed by atoms with Crippen LogP contribution in [0.4, 0.5) is 18.9 Å². The van der Waals surface area contributed by atoms with Gasteiger partial charge in [0, 0.05) is 12.5 Å². The van der Waals surface area contributed by atoms with Gasteiger partial charge >= 0.3 is 5.69 Å². The summed E-state index contributed by atoms with van der Waals surface area (Å²) in [6, 6.07) is 2.66. The minimum atomic E-state index is -3.50. The Morgan fingerprint density at radius 1 is 1.44 bits per heavy atom. The zero-order chi connectivity index (χ0) is 12.3. The zero-order valence-corrected chi connectivity index (χ0v) is 8.12. The Morgan fingerprint density at radius 2 is 2.06 bits per heavy atom. The second-order valence-electron chi connectivity index (χ2n) is 3.14. The van der Waals surface area contributed by atoms with Crippen molar-refractivity contribution in [2.75, 3.05) is 6.54 Å². The maximum atomic E-state index is 13.4. The van der Waals surface area contributed by atoms with Gasteiger partial charge < -0.3 is 5.73 Å². The number of rotatable bonds is 4. The lowest BCUT2D eigenvalue weighted by Gasteiger charge is -2.15. The fourth-order valence-corrected chi connectivity index (χ4v) is 1.26. The molecule has 4 nitrogen and oxygen atoms in total. The highest BCUT2D eigenvalue weighted by molar-refractivity contribution is 5.38. The molecule has 1 aromatic rings. The molecule has 0 aliphatic heterocycles. The molecule has 0 fully saturated rings. The van der Waals surface area contributed by atoms with E-state index in [4.69, 9.17) is 5.73 Å². The maximum Gasteiger partial charge on any atom is 0.305 e. The first kappa shape index (κ1) is 12.4. The van der Waals surface area contributed by atoms with E-state index in [2.05, 4.69) is 0 Å². The minimum absolute atomic E-state index is 0.338. The summed E-state index contributed by atoms with van der Waals surface area (Å²) < 4.78 is 40.0. The quantitative estimate of drug-likeness (QED) is 0.641. The molecule has 0 aromatic heterocycles. The van der Waals surface area contributed by atoms with E-state index in [1.54, 1.807) is 0 Å². The number of nitro benzene ring substituents is 1. The Labute approximate surface area is 89.0 Å². The van der Waals surface area contributed by atoms with E-state index in [9.17, 15) is 23.3 Å². The minimum Gasteiger partial charge on any atom is -0.330 e. The molecule has 1 rings (SSSR count). The van der Waals surface area contributed by atoms with Crippen LogP contribution in [0.15, 0.2) is 18.2 Å². The van der Waals surface area contributed by atoms with E-state index in [0.29, 0.717) is 0 Å². The second-order valence-corrected chi connectivity index (χ2v) is 3.14. The number of halogens is 3. The van der Waals surface area contributed by atoms with Gasteiger partial charge in [0.15, 0.2) is 0 Å². The van der Waals surface area contributed by atoms with Crippen LogP contribution in [-0.2, 0) is 5.92 Å². The molecule has 0 amide bonds. The van der Waals surface area contributed by atoms with Crippen LogP contribution in [0.25, 0.3) is 0 Å². The van der Waals surface area contributed by atoms with Crippen LogP contribution in [0.3, 0.4) is 0 Å². The Balaban J connectivity index is 3.25. The summed E-state index contributed by atoms with van der Waals surface area (Å²) in [6.45, 7) is -0.338. The SMILES string of the molecule is NCCC(F)(F)c1cccc([N+](=O)[O-])c1F. The highest BCUT2D eigenvalue weighted by atomic mass is 19.3. The molecule has 0 bridgehead atoms. The lowest BCUT2D eigenvalue weighted by atomic mass is 10.0. The molecular formula is C9H9F3N2O2. The van der Waals surface area contributed by atoms with Crippen molar-refractivity contribution < 1.29 is 18.1 Å². The highest BCUT2D eigenvalue weighted by Gasteiger charge is 2.36. The fourth-order valence-electron chi connectivity index (χ4n) is 1.26. The monoisotopic (exact) mass is 234 g/mol. The average Bonchev–Trinajstić information content (AvgIpc) is 2.17. The summed E-state index contributed by atoms with van der Waals surface area (Å²) in [6.07, 6.45) is -0.759. The van der Waals surface area contributed by atoms with Crippen molar-refractivity contribution in [3.8, 4) is 0 Å². The van der Waals surface area contributed by atoms with Gasteiger partial charge in [0.2, 0.25) is 5.82 Å². The van der Waals surface area contributed by atoms with E-state index in [-0.39, 0.29) is 6.54 Å². The van der Waals surface area contributed by atoms with Crippen molar-refractivity contribution >= 4 is 5.69 Å². The Kier molecular flexibility index (Phi) is 3.48. The van der Waals surface area contributed by atoms with Crippen molar-refractivity contribution in [2.24, 2.45) is 5.73 Å². The standard InChI is InChI=1S/C9H9F3N2O2/c10-8-6(9(11,12)4-5-13)2-1-3-7(8)14(15)16/h1-3H,4-5,13H2. The van der Waals surface area contributed by atoms with Gasteiger partial charge in [-0.25, -0.2) is 8.78 Å². The van der Waals surface area contributed by atoms with Crippen LogP contribution in [0.2, 0.25) is 0 Å². The van der Waals surface area contributed by atoms with Crippen molar-refractivity contribution in [2.45, 2.75) is 12.3 Å². The summed E-state index contributed by atoms with van der Waals surface area (Å²) >= 11 is 0. The molecule has 0 aliphatic carbocycles. The van der Waals surface area contributed by atoms with Crippen LogP contribution in [-0.4, -0.2) is 11.5 Å². The third kappa shape index (κ3) is 2.30. The third-order valence-electron chi connectivity index (χ3n) is 2.03. The largest absolute Gasteiger partial charge is 0.330 e. The summed E-state index contributed by atoms with van der Waals surface area (Å²) in [5.74, 6) is -5.00. The molecule has 0 spiro atoms. The van der Waals surface area contributed by atoms with Crippen LogP contribution >= 0.6 is 0 Å². The lowest BCUT2D eigenvalue weighted by Crippen LogP contribution is -2.20. The number of nitro groups is 1. The van der Waals surface area contributed by atoms with Gasteiger partial charge in [0.05, 0.1) is 10.5 Å². The van der Waals surface area contributed by atoms with E-state index in [1.165, 1.54) is 0 Å². The van der Waals surface area contributed by atoms with Crippen LogP contribution in [0.1, 0.15) is 12.0 Å². The number of benzene rings is 1. The fraction of sp³-hybridized carbons (Fsp3) is 0.333. The molecule has 2 N–H and O–H groups in total. The van der Waals surface area contributed by atoms with E-state index >= 15 is 0 Å². The van der Waals surface area contributed by atoms with Gasteiger partial charge in [-0.3, -0.25) is 10.1 Å². The molecule has 0 saturated heterocycles. The average molecular weight is 234 g/mol. The molecule has 88 valence electrons. The van der Waals surface area contributed by atoms with Crippen LogP contribution in [0.5, 0.6) is 0 Å². The molecule has 16 heavy (non-hydrogen) atoms. The molecule has 1 aromatic carbocycles. The zero-order valence-electron chi connectivity index (χ0n) is 8.12. The summed E-state index contributed by atoms with van der Waals surface area (Å²) in [4.78, 5) is 9.31. The molecule has 0 heterocycles. The van der Waals surface area contributed by atoms with Crippen LogP contribution < -0.4 is 5.73 Å². The van der Waals surface area contributed by atoms with Gasteiger partial charge in [-0.05, 0) is 12.6 Å². The molecule has 0 radical (unpaired) electrons. The molecular weight excluding hydrogens is 225 g/mol. The van der Waals surface area contributed by atoms with E-state index in [0.717, 1.165) is 18.2 Å². The van der Waals surface area contributed by atoms with Gasteiger partial charge in [0.25, 0.3) is 5.92 Å². The van der Waals surface area contributed by atoms with E-state index < -0.39 is 34.3 Å². The predicted octanol–water partition coefficient (Wildman–Crippen LogP) is 2.17. The topological polar surface area (TPSA) is 69.2 Å². The third-order valence-corrected chi connectivity index (χ3v) is 2.03. The summed E-state index contributed by atoms with van der Waals surface area (Å²) in [7, 11) is 0. The Morgan fingerprint density at radius 3 is 2.56 bits per heavy atom. The first-order valence-corrected chi connectivity index (χ1v) is 4.41. The van der Waals surface area contributed by atoms with Crippen LogP contribution in [0, 0.1) is 15.9 Å².